The van der Waals surface area contributed by atoms with Crippen molar-refractivity contribution < 1.29 is 30.1 Å². The average Bonchev–Trinajstić information content (AvgIpc) is 3.00. The standard InChI is InChI=1S/C14H24N.3C3H7O.Hf/c1-7-13(3,4)11-9-10-12(15-11)14(5,6)8-2;3*1-3(2)4;/h9-10H,7-8H2,1-6H3;3*3H,1-2H3;/q4*-1;+4. The third kappa shape index (κ3) is 6.02. The summed E-state index contributed by atoms with van der Waals surface area (Å²) >= 11 is -4.39. The Morgan fingerprint density at radius 1 is 0.714 bits per heavy atom. The summed E-state index contributed by atoms with van der Waals surface area (Å²) in [5.74, 6) is 0. The first kappa shape index (κ1) is 26.1. The summed E-state index contributed by atoms with van der Waals surface area (Å²) in [6.07, 6.45) is 2.20. The van der Waals surface area contributed by atoms with Gasteiger partial charge in [0.15, 0.2) is 0 Å². The van der Waals surface area contributed by atoms with Gasteiger partial charge in [-0.2, -0.15) is 0 Å². The van der Waals surface area contributed by atoms with Crippen LogP contribution >= 0.6 is 0 Å². The van der Waals surface area contributed by atoms with Crippen molar-refractivity contribution in [2.24, 2.45) is 0 Å². The van der Waals surface area contributed by atoms with Crippen LogP contribution in [0.4, 0.5) is 0 Å². The van der Waals surface area contributed by atoms with Crippen LogP contribution in [-0.2, 0) is 41.0 Å². The van der Waals surface area contributed by atoms with Crippen molar-refractivity contribution in [1.29, 1.82) is 0 Å². The minimum atomic E-state index is -4.39. The van der Waals surface area contributed by atoms with Crippen LogP contribution in [0, 0.1) is 0 Å². The molecule has 1 aromatic heterocycles. The molecule has 0 spiro atoms. The molecule has 5 heteroatoms. The summed E-state index contributed by atoms with van der Waals surface area (Å²) in [5.41, 5.74) is 2.56. The molecule has 0 aliphatic carbocycles. The van der Waals surface area contributed by atoms with Crippen LogP contribution in [0.25, 0.3) is 0 Å². The fraction of sp³-hybridized carbons (Fsp3) is 0.826. The number of hydrogen-bond donors (Lipinski definition) is 0. The minimum absolute atomic E-state index is 0.00827. The molecule has 0 aliphatic rings. The summed E-state index contributed by atoms with van der Waals surface area (Å²) < 4.78 is 22.5. The van der Waals surface area contributed by atoms with Gasteiger partial charge in [0.05, 0.1) is 0 Å². The van der Waals surface area contributed by atoms with Crippen molar-refractivity contribution in [3.63, 3.8) is 0 Å². The molecule has 4 nitrogen and oxygen atoms in total. The van der Waals surface area contributed by atoms with Gasteiger partial charge in [0.1, 0.15) is 0 Å². The Labute approximate surface area is 180 Å². The Balaban J connectivity index is 3.93. The zero-order valence-electron chi connectivity index (χ0n) is 20.5. The molecule has 0 aromatic carbocycles. The summed E-state index contributed by atoms with van der Waals surface area (Å²) in [7, 11) is 0. The van der Waals surface area contributed by atoms with E-state index in [1.807, 2.05) is 0 Å². The van der Waals surface area contributed by atoms with E-state index in [2.05, 4.69) is 97.8 Å². The summed E-state index contributed by atoms with van der Waals surface area (Å²) in [6.45, 7) is 26.2. The van der Waals surface area contributed by atoms with E-state index in [0.29, 0.717) is 0 Å². The Morgan fingerprint density at radius 3 is 1.21 bits per heavy atom. The number of hydrogen-bond acceptors (Lipinski definition) is 3. The monoisotopic (exact) mass is 563 g/mol. The van der Waals surface area contributed by atoms with Gasteiger partial charge in [-0.15, -0.1) is 0 Å². The van der Waals surface area contributed by atoms with Crippen LogP contribution in [0.15, 0.2) is 12.1 Å². The molecule has 1 rings (SSSR count). The number of aromatic nitrogens is 1. The molecule has 164 valence electrons. The fourth-order valence-corrected chi connectivity index (χ4v) is 16.3. The molecular weight excluding hydrogens is 517 g/mol. The molecule has 0 fully saturated rings. The molecular formula is C23H45HfNO3. The second kappa shape index (κ2) is 9.89. The molecule has 0 radical (unpaired) electrons. The summed E-state index contributed by atoms with van der Waals surface area (Å²) in [4.78, 5) is 0. The molecule has 1 heterocycles. The molecule has 0 aliphatic heterocycles. The van der Waals surface area contributed by atoms with Crippen molar-refractivity contribution in [2.75, 3.05) is 0 Å². The number of nitrogens with zero attached hydrogens (tertiary/aromatic N) is 1. The van der Waals surface area contributed by atoms with Gasteiger partial charge in [-0.25, -0.2) is 0 Å². The van der Waals surface area contributed by atoms with Crippen LogP contribution in [-0.4, -0.2) is 20.9 Å². The van der Waals surface area contributed by atoms with Gasteiger partial charge in [-0.1, -0.05) is 0 Å². The third-order valence-electron chi connectivity index (χ3n) is 5.46. The van der Waals surface area contributed by atoms with Gasteiger partial charge in [0.2, 0.25) is 0 Å². The fourth-order valence-electron chi connectivity index (χ4n) is 3.29. The van der Waals surface area contributed by atoms with Crippen LogP contribution in [0.2, 0.25) is 0 Å². The molecule has 0 saturated carbocycles. The normalized spacial score (nSPS) is 14.0. The average molecular weight is 562 g/mol. The molecule has 0 saturated heterocycles. The van der Waals surface area contributed by atoms with E-state index >= 15 is 0 Å². The van der Waals surface area contributed by atoms with Crippen LogP contribution < -0.4 is 0 Å². The maximum absolute atomic E-state index is 6.71. The van der Waals surface area contributed by atoms with E-state index in [0.717, 1.165) is 12.8 Å². The van der Waals surface area contributed by atoms with Gasteiger partial charge >= 0.3 is 181 Å². The second-order valence-corrected chi connectivity index (χ2v) is 17.8. The topological polar surface area (TPSA) is 32.6 Å². The summed E-state index contributed by atoms with van der Waals surface area (Å²) in [5, 5.41) is 0. The maximum atomic E-state index is 6.71. The van der Waals surface area contributed by atoms with Crippen molar-refractivity contribution in [3.8, 4) is 0 Å². The van der Waals surface area contributed by atoms with E-state index in [1.165, 1.54) is 11.4 Å². The Kier molecular flexibility index (Phi) is 9.21. The van der Waals surface area contributed by atoms with E-state index in [1.54, 1.807) is 0 Å². The first-order valence-electron chi connectivity index (χ1n) is 11.0. The zero-order valence-corrected chi connectivity index (χ0v) is 24.1. The predicted molar refractivity (Wildman–Crippen MR) is 115 cm³/mol. The Bertz CT molecular complexity index is 557. The predicted octanol–water partition coefficient (Wildman–Crippen LogP) is 6.80. The Hall–Kier alpha value is 0.0301. The van der Waals surface area contributed by atoms with Crippen LogP contribution in [0.3, 0.4) is 0 Å². The van der Waals surface area contributed by atoms with Gasteiger partial charge < -0.3 is 0 Å². The molecule has 0 unspecified atom stereocenters. The Morgan fingerprint density at radius 2 is 1.00 bits per heavy atom. The molecule has 1 aromatic rings. The van der Waals surface area contributed by atoms with E-state index < -0.39 is 21.6 Å². The van der Waals surface area contributed by atoms with Crippen molar-refractivity contribution in [3.05, 3.63) is 23.5 Å². The van der Waals surface area contributed by atoms with Crippen molar-refractivity contribution in [2.45, 2.75) is 125 Å². The first-order chi connectivity index (χ1) is 12.7. The van der Waals surface area contributed by atoms with Crippen molar-refractivity contribution in [1.82, 2.24) is 2.55 Å². The van der Waals surface area contributed by atoms with E-state index in [9.17, 15) is 0 Å². The van der Waals surface area contributed by atoms with Crippen LogP contribution in [0.1, 0.15) is 107 Å². The van der Waals surface area contributed by atoms with Gasteiger partial charge in [0, 0.05) is 0 Å². The second-order valence-electron chi connectivity index (χ2n) is 9.94. The van der Waals surface area contributed by atoms with Crippen LogP contribution in [0.5, 0.6) is 0 Å². The van der Waals surface area contributed by atoms with E-state index in [-0.39, 0.29) is 29.1 Å². The van der Waals surface area contributed by atoms with Crippen molar-refractivity contribution >= 4 is 0 Å². The van der Waals surface area contributed by atoms with Gasteiger partial charge in [-0.3, -0.25) is 0 Å². The number of rotatable bonds is 11. The molecule has 28 heavy (non-hydrogen) atoms. The summed E-state index contributed by atoms with van der Waals surface area (Å²) in [6, 6.07) is 4.56. The van der Waals surface area contributed by atoms with Gasteiger partial charge in [0.25, 0.3) is 0 Å². The first-order valence-corrected chi connectivity index (χ1v) is 17.0. The molecule has 0 N–H and O–H groups in total. The molecule has 0 atom stereocenters. The van der Waals surface area contributed by atoms with E-state index in [4.69, 9.17) is 8.56 Å². The molecule has 0 amide bonds. The van der Waals surface area contributed by atoms with Gasteiger partial charge in [-0.05, 0) is 0 Å². The zero-order chi connectivity index (χ0) is 21.9. The quantitative estimate of drug-likeness (QED) is 0.279. The molecule has 0 bridgehead atoms. The third-order valence-corrected chi connectivity index (χ3v) is 17.5. The SMILES string of the molecule is CCC(C)(C)c1ccc(C(C)(C)CC)[n]1[Hf]([O]C(C)C)([O]C(C)C)[O]C(C)C.